The Morgan fingerprint density at radius 2 is 2.44 bits per heavy atom. The van der Waals surface area contributed by atoms with Crippen LogP contribution in [0.4, 0.5) is 0 Å². The van der Waals surface area contributed by atoms with E-state index in [1.807, 2.05) is 14.0 Å². The van der Waals surface area contributed by atoms with E-state index in [9.17, 15) is 0 Å². The molecular formula is C6H10ClNO. The highest BCUT2D eigenvalue weighted by Crippen LogP contribution is 2.17. The summed E-state index contributed by atoms with van der Waals surface area (Å²) >= 11 is 5.62. The van der Waals surface area contributed by atoms with E-state index in [0.717, 1.165) is 5.70 Å². The van der Waals surface area contributed by atoms with Gasteiger partial charge in [0.15, 0.2) is 0 Å². The van der Waals surface area contributed by atoms with Crippen LogP contribution in [0.15, 0.2) is 11.3 Å². The largest absolute Gasteiger partial charge is 0.270 e. The molecule has 52 valence electrons. The standard InChI is InChI=1S/C6H10ClNO/c1-5-4-9-8(2)6(5)3-7/h3-4H2,1-2H3. The summed E-state index contributed by atoms with van der Waals surface area (Å²) in [6.07, 6.45) is 0. The Morgan fingerprint density at radius 3 is 2.67 bits per heavy atom. The molecule has 1 aliphatic heterocycles. The monoisotopic (exact) mass is 147 g/mol. The summed E-state index contributed by atoms with van der Waals surface area (Å²) in [7, 11) is 1.87. The molecule has 2 nitrogen and oxygen atoms in total. The van der Waals surface area contributed by atoms with Crippen molar-refractivity contribution in [2.45, 2.75) is 6.92 Å². The summed E-state index contributed by atoms with van der Waals surface area (Å²) < 4.78 is 0. The van der Waals surface area contributed by atoms with Gasteiger partial charge in [-0.2, -0.15) is 0 Å². The van der Waals surface area contributed by atoms with Gasteiger partial charge in [-0.05, 0) is 12.5 Å². The third-order valence-corrected chi connectivity index (χ3v) is 1.73. The maximum atomic E-state index is 5.62. The quantitative estimate of drug-likeness (QED) is 0.520. The molecule has 9 heavy (non-hydrogen) atoms. The van der Waals surface area contributed by atoms with Crippen molar-refractivity contribution in [3.63, 3.8) is 0 Å². The average Bonchev–Trinajstić information content (AvgIpc) is 2.12. The Morgan fingerprint density at radius 1 is 1.78 bits per heavy atom. The second kappa shape index (κ2) is 2.58. The van der Waals surface area contributed by atoms with Gasteiger partial charge in [-0.3, -0.25) is 9.90 Å². The Kier molecular flexibility index (Phi) is 1.98. The van der Waals surface area contributed by atoms with Gasteiger partial charge in [0.05, 0.1) is 18.2 Å². The van der Waals surface area contributed by atoms with Crippen LogP contribution in [0.5, 0.6) is 0 Å². The minimum Gasteiger partial charge on any atom is -0.270 e. The molecule has 0 aromatic rings. The van der Waals surface area contributed by atoms with E-state index in [4.69, 9.17) is 16.4 Å². The number of halogens is 1. The maximum absolute atomic E-state index is 5.62. The van der Waals surface area contributed by atoms with Gasteiger partial charge >= 0.3 is 0 Å². The summed E-state index contributed by atoms with van der Waals surface area (Å²) in [4.78, 5) is 5.14. The van der Waals surface area contributed by atoms with Crippen LogP contribution in [0.1, 0.15) is 6.92 Å². The predicted molar refractivity (Wildman–Crippen MR) is 37.1 cm³/mol. The van der Waals surface area contributed by atoms with E-state index in [1.165, 1.54) is 5.57 Å². The predicted octanol–water partition coefficient (Wildman–Crippen LogP) is 1.38. The number of alkyl halides is 1. The van der Waals surface area contributed by atoms with E-state index < -0.39 is 0 Å². The summed E-state index contributed by atoms with van der Waals surface area (Å²) in [6.45, 7) is 2.72. The molecule has 0 radical (unpaired) electrons. The molecule has 1 heterocycles. The van der Waals surface area contributed by atoms with Crippen LogP contribution in [0.3, 0.4) is 0 Å². The molecular weight excluding hydrogens is 138 g/mol. The molecule has 0 fully saturated rings. The maximum Gasteiger partial charge on any atom is 0.0977 e. The van der Waals surface area contributed by atoms with Crippen molar-refractivity contribution in [2.75, 3.05) is 19.5 Å². The van der Waals surface area contributed by atoms with E-state index in [2.05, 4.69) is 0 Å². The van der Waals surface area contributed by atoms with Crippen molar-refractivity contribution in [2.24, 2.45) is 0 Å². The summed E-state index contributed by atoms with van der Waals surface area (Å²) in [5, 5.41) is 1.72. The fourth-order valence-electron chi connectivity index (χ4n) is 0.822. The Labute approximate surface area is 60.0 Å². The molecule has 0 saturated carbocycles. The number of allylic oxidation sites excluding steroid dienone is 1. The average molecular weight is 148 g/mol. The van der Waals surface area contributed by atoms with Gasteiger partial charge in [0, 0.05) is 7.05 Å². The highest BCUT2D eigenvalue weighted by atomic mass is 35.5. The molecule has 0 unspecified atom stereocenters. The lowest BCUT2D eigenvalue weighted by molar-refractivity contribution is -0.0775. The van der Waals surface area contributed by atoms with Crippen molar-refractivity contribution in [1.82, 2.24) is 5.06 Å². The normalized spacial score (nSPS) is 19.7. The van der Waals surface area contributed by atoms with Crippen molar-refractivity contribution >= 4 is 11.6 Å². The van der Waals surface area contributed by atoms with Crippen molar-refractivity contribution in [3.8, 4) is 0 Å². The molecule has 0 atom stereocenters. The molecule has 0 aromatic carbocycles. The zero-order valence-electron chi connectivity index (χ0n) is 5.65. The molecule has 1 aliphatic rings. The van der Waals surface area contributed by atoms with E-state index >= 15 is 0 Å². The van der Waals surface area contributed by atoms with E-state index in [0.29, 0.717) is 12.5 Å². The van der Waals surface area contributed by atoms with Gasteiger partial charge in [-0.1, -0.05) is 0 Å². The van der Waals surface area contributed by atoms with Crippen LogP contribution in [-0.4, -0.2) is 24.6 Å². The number of hydrogen-bond donors (Lipinski definition) is 0. The van der Waals surface area contributed by atoms with Crippen LogP contribution in [0.25, 0.3) is 0 Å². The lowest BCUT2D eigenvalue weighted by Gasteiger charge is -2.11. The molecule has 0 aliphatic carbocycles. The lowest BCUT2D eigenvalue weighted by atomic mass is 10.3. The zero-order chi connectivity index (χ0) is 6.85. The molecule has 0 saturated heterocycles. The lowest BCUT2D eigenvalue weighted by Crippen LogP contribution is -2.12. The highest BCUT2D eigenvalue weighted by molar-refractivity contribution is 6.19. The summed E-state index contributed by atoms with van der Waals surface area (Å²) in [6, 6.07) is 0. The molecule has 0 spiro atoms. The second-order valence-corrected chi connectivity index (χ2v) is 2.40. The fraction of sp³-hybridized carbons (Fsp3) is 0.667. The first-order valence-electron chi connectivity index (χ1n) is 2.87. The fourth-order valence-corrected chi connectivity index (χ4v) is 1.22. The van der Waals surface area contributed by atoms with Gasteiger partial charge in [-0.15, -0.1) is 11.6 Å². The SMILES string of the molecule is CC1=C(CCl)N(C)OC1. The van der Waals surface area contributed by atoms with Crippen molar-refractivity contribution in [3.05, 3.63) is 11.3 Å². The molecule has 1 rings (SSSR count). The van der Waals surface area contributed by atoms with Gasteiger partial charge in [0.25, 0.3) is 0 Å². The molecule has 0 amide bonds. The van der Waals surface area contributed by atoms with Crippen LogP contribution < -0.4 is 0 Å². The second-order valence-electron chi connectivity index (χ2n) is 2.13. The summed E-state index contributed by atoms with van der Waals surface area (Å²) in [5.74, 6) is 0.544. The first-order valence-corrected chi connectivity index (χ1v) is 3.40. The smallest absolute Gasteiger partial charge is 0.0977 e. The third-order valence-electron chi connectivity index (χ3n) is 1.47. The molecule has 3 heteroatoms. The van der Waals surface area contributed by atoms with Crippen LogP contribution in [-0.2, 0) is 4.84 Å². The number of nitrogens with zero attached hydrogens (tertiary/aromatic N) is 1. The zero-order valence-corrected chi connectivity index (χ0v) is 6.40. The topological polar surface area (TPSA) is 12.5 Å². The number of hydroxylamine groups is 2. The number of hydrogen-bond acceptors (Lipinski definition) is 2. The Balaban J connectivity index is 2.69. The molecule has 0 bridgehead atoms. The van der Waals surface area contributed by atoms with Crippen LogP contribution in [0, 0.1) is 0 Å². The minimum atomic E-state index is 0.544. The summed E-state index contributed by atoms with van der Waals surface area (Å²) in [5.41, 5.74) is 2.32. The Bertz CT molecular complexity index is 144. The van der Waals surface area contributed by atoms with E-state index in [-0.39, 0.29) is 0 Å². The minimum absolute atomic E-state index is 0.544. The van der Waals surface area contributed by atoms with Crippen molar-refractivity contribution in [1.29, 1.82) is 0 Å². The van der Waals surface area contributed by atoms with E-state index in [1.54, 1.807) is 5.06 Å². The third kappa shape index (κ3) is 1.19. The molecule has 0 N–H and O–H groups in total. The van der Waals surface area contributed by atoms with Crippen LogP contribution >= 0.6 is 11.6 Å². The van der Waals surface area contributed by atoms with Crippen LogP contribution in [0.2, 0.25) is 0 Å². The number of rotatable bonds is 1. The van der Waals surface area contributed by atoms with Gasteiger partial charge < -0.3 is 0 Å². The molecule has 0 aromatic heterocycles. The highest BCUT2D eigenvalue weighted by Gasteiger charge is 2.14. The van der Waals surface area contributed by atoms with Crippen molar-refractivity contribution < 1.29 is 4.84 Å². The Hall–Kier alpha value is -0.210. The van der Waals surface area contributed by atoms with Gasteiger partial charge in [0.2, 0.25) is 0 Å². The first kappa shape index (κ1) is 6.90. The van der Waals surface area contributed by atoms with Gasteiger partial charge in [0.1, 0.15) is 0 Å². The first-order chi connectivity index (χ1) is 4.25. The van der Waals surface area contributed by atoms with Gasteiger partial charge in [-0.25, -0.2) is 0 Å².